The Morgan fingerprint density at radius 1 is 0.559 bits per heavy atom. The van der Waals surface area contributed by atoms with Crippen molar-refractivity contribution in [2.45, 2.75) is 52.4 Å². The summed E-state index contributed by atoms with van der Waals surface area (Å²) in [6.45, 7) is 21.6. The molecule has 0 saturated carbocycles. The van der Waals surface area contributed by atoms with Crippen molar-refractivity contribution in [2.75, 3.05) is 0 Å². The maximum absolute atomic E-state index is 8.14. The fraction of sp³-hybridized carbons (Fsp3) is 0.131. The smallest absolute Gasteiger partial charge is 0.198 e. The Morgan fingerprint density at radius 3 is 2.06 bits per heavy atom. The van der Waals surface area contributed by atoms with Crippen LogP contribution < -0.4 is 4.74 Å². The number of pyridine rings is 1. The Bertz CT molecular complexity index is 4040. The Morgan fingerprint density at radius 2 is 1.28 bits per heavy atom. The van der Waals surface area contributed by atoms with E-state index >= 15 is 0 Å². The van der Waals surface area contributed by atoms with Crippen molar-refractivity contribution in [2.24, 2.45) is 0 Å². The van der Waals surface area contributed by atoms with Crippen molar-refractivity contribution in [1.29, 1.82) is 0 Å². The summed E-state index contributed by atoms with van der Waals surface area (Å²) in [5, 5.41) is 5.84. The quantitative estimate of drug-likeness (QED) is 0.156. The van der Waals surface area contributed by atoms with E-state index in [0.29, 0.717) is 34.2 Å². The molecule has 0 aliphatic heterocycles. The van der Waals surface area contributed by atoms with E-state index in [9.17, 15) is 0 Å². The van der Waals surface area contributed by atoms with Crippen LogP contribution >= 0.6 is 0 Å². The maximum Gasteiger partial charge on any atom is 0.198 e. The van der Waals surface area contributed by atoms with Gasteiger partial charge in [0.25, 0.3) is 0 Å². The predicted octanol–water partition coefficient (Wildman–Crippen LogP) is 16.8. The molecule has 0 bridgehead atoms. The lowest BCUT2D eigenvalue weighted by Gasteiger charge is -2.25. The first-order valence-corrected chi connectivity index (χ1v) is 23.1. The third-order valence-corrected chi connectivity index (χ3v) is 13.3. The first-order valence-electron chi connectivity index (χ1n) is 23.1. The predicted molar refractivity (Wildman–Crippen MR) is 279 cm³/mol. The molecule has 328 valence electrons. The molecule has 0 radical (unpaired) electrons. The summed E-state index contributed by atoms with van der Waals surface area (Å²) in [6.07, 6.45) is 1.91. The van der Waals surface area contributed by atoms with Crippen molar-refractivity contribution < 1.29 is 9.15 Å². The van der Waals surface area contributed by atoms with Crippen LogP contribution in [0, 0.1) is 6.57 Å². The highest BCUT2D eigenvalue weighted by Crippen LogP contribution is 2.47. The zero-order chi connectivity index (χ0) is 46.5. The molecular formula is C61H47N5O2. The maximum atomic E-state index is 8.14. The van der Waals surface area contributed by atoms with Crippen LogP contribution in [0.15, 0.2) is 180 Å². The van der Waals surface area contributed by atoms with Gasteiger partial charge in [-0.2, -0.15) is 0 Å². The van der Waals surface area contributed by atoms with Crippen molar-refractivity contribution in [3.05, 3.63) is 199 Å². The second-order valence-corrected chi connectivity index (χ2v) is 19.8. The third-order valence-electron chi connectivity index (χ3n) is 13.3. The minimum Gasteiger partial charge on any atom is -0.457 e. The molecule has 0 N–H and O–H groups in total. The molecule has 0 fully saturated rings. The lowest BCUT2D eigenvalue weighted by atomic mass is 9.83. The molecule has 12 aromatic rings. The molecule has 0 unspecified atom stereocenters. The van der Waals surface area contributed by atoms with Crippen LogP contribution in [0.1, 0.15) is 52.7 Å². The molecule has 0 atom stereocenters. The van der Waals surface area contributed by atoms with Gasteiger partial charge in [0, 0.05) is 33.8 Å². The minimum absolute atomic E-state index is 0.0539. The van der Waals surface area contributed by atoms with E-state index in [1.807, 2.05) is 42.6 Å². The van der Waals surface area contributed by atoms with Gasteiger partial charge >= 0.3 is 0 Å². The highest BCUT2D eigenvalue weighted by atomic mass is 16.5. The Balaban J connectivity index is 1.12. The van der Waals surface area contributed by atoms with Crippen LogP contribution in [0.2, 0.25) is 0 Å². The molecule has 0 amide bonds. The molecule has 0 spiro atoms. The van der Waals surface area contributed by atoms with Gasteiger partial charge in [0.15, 0.2) is 5.69 Å². The van der Waals surface area contributed by atoms with E-state index in [4.69, 9.17) is 25.7 Å². The fourth-order valence-electron chi connectivity index (χ4n) is 10.0. The second-order valence-electron chi connectivity index (χ2n) is 19.8. The highest BCUT2D eigenvalue weighted by molar-refractivity contribution is 6.23. The molecule has 0 aliphatic rings. The second kappa shape index (κ2) is 15.3. The largest absolute Gasteiger partial charge is 0.457 e. The molecule has 7 heteroatoms. The average Bonchev–Trinajstić information content (AvgIpc) is 4.03. The number of fused-ring (bicyclic) bond motifs is 9. The van der Waals surface area contributed by atoms with Gasteiger partial charge in [0.2, 0.25) is 0 Å². The summed E-state index contributed by atoms with van der Waals surface area (Å²) in [4.78, 5) is 14.3. The monoisotopic (exact) mass is 881 g/mol. The zero-order valence-electron chi connectivity index (χ0n) is 38.8. The van der Waals surface area contributed by atoms with Crippen LogP contribution in [-0.4, -0.2) is 19.1 Å². The summed E-state index contributed by atoms with van der Waals surface area (Å²) in [6, 6.07) is 58.8. The molecule has 68 heavy (non-hydrogen) atoms. The summed E-state index contributed by atoms with van der Waals surface area (Å²) in [7, 11) is 0. The highest BCUT2D eigenvalue weighted by Gasteiger charge is 2.27. The fourth-order valence-corrected chi connectivity index (χ4v) is 10.0. The minimum atomic E-state index is -0.234. The van der Waals surface area contributed by atoms with E-state index in [0.717, 1.165) is 82.6 Å². The van der Waals surface area contributed by atoms with Crippen molar-refractivity contribution in [3.8, 4) is 45.5 Å². The molecule has 4 heterocycles. The number of ether oxygens (including phenoxy) is 1. The van der Waals surface area contributed by atoms with Gasteiger partial charge in [-0.25, -0.2) is 14.8 Å². The number of furan rings is 1. The lowest BCUT2D eigenvalue weighted by molar-refractivity contribution is 0.484. The lowest BCUT2D eigenvalue weighted by Crippen LogP contribution is -2.16. The number of imidazole rings is 1. The number of nitrogens with zero attached hydrogens (tertiary/aromatic N) is 5. The van der Waals surface area contributed by atoms with Crippen molar-refractivity contribution >= 4 is 71.2 Å². The van der Waals surface area contributed by atoms with E-state index in [2.05, 4.69) is 189 Å². The molecule has 7 nitrogen and oxygen atoms in total. The van der Waals surface area contributed by atoms with Crippen LogP contribution in [0.4, 0.5) is 5.69 Å². The molecular weight excluding hydrogens is 835 g/mol. The van der Waals surface area contributed by atoms with Gasteiger partial charge in [-0.3, -0.25) is 9.13 Å². The summed E-state index contributed by atoms with van der Waals surface area (Å²) in [5.41, 5.74) is 11.9. The summed E-state index contributed by atoms with van der Waals surface area (Å²) >= 11 is 0. The van der Waals surface area contributed by atoms with Crippen LogP contribution in [-0.2, 0) is 10.8 Å². The van der Waals surface area contributed by atoms with Crippen molar-refractivity contribution in [3.63, 3.8) is 0 Å². The van der Waals surface area contributed by atoms with E-state index in [1.165, 1.54) is 11.1 Å². The standard InChI is InChI=1S/C61H47N5O2/c1-60(2,3)39-29-30-63-56(32-39)65-51-23-15-13-20-43(51)44-27-26-40(35-54(44)65)67-41-33-46-57-45-21-12-11-19-42(45)50(62-7)36-55(57)68-58(46)47(34-41)59-64-49-22-14-16-24-53(49)66(59)52-28-25-38(31-48(52)61(4,5)6)37-17-9-8-10-18-37/h8-36H,1-6H3. The number of hydrogen-bond donors (Lipinski definition) is 0. The van der Waals surface area contributed by atoms with Crippen LogP contribution in [0.3, 0.4) is 0 Å². The molecule has 0 aliphatic carbocycles. The Labute approximate surface area is 394 Å². The molecule has 8 aromatic carbocycles. The third kappa shape index (κ3) is 6.63. The number of rotatable bonds is 6. The van der Waals surface area contributed by atoms with Crippen LogP contribution in [0.5, 0.6) is 11.5 Å². The number of hydrogen-bond acceptors (Lipinski definition) is 4. The van der Waals surface area contributed by atoms with Gasteiger partial charge in [-0.05, 0) is 117 Å². The summed E-state index contributed by atoms with van der Waals surface area (Å²) in [5.74, 6) is 2.86. The summed E-state index contributed by atoms with van der Waals surface area (Å²) < 4.78 is 18.6. The Hall–Kier alpha value is -8.47. The van der Waals surface area contributed by atoms with Gasteiger partial charge in [0.05, 0.1) is 39.9 Å². The Kier molecular flexibility index (Phi) is 9.22. The first kappa shape index (κ1) is 41.0. The number of aromatic nitrogens is 4. The SMILES string of the molecule is [C-]#[N+]c1cc2oc3c(-c4nc5ccccc5n4-c4ccc(-c5ccccc5)cc4C(C)(C)C)cc(Oc4ccc5c6ccccc6n(-c6cc(C(C)(C)C)ccn6)c5c4)cc3c2c2ccccc12. The van der Waals surface area contributed by atoms with E-state index in [-0.39, 0.29) is 10.8 Å². The van der Waals surface area contributed by atoms with Gasteiger partial charge in [-0.1, -0.05) is 133 Å². The van der Waals surface area contributed by atoms with E-state index in [1.54, 1.807) is 0 Å². The number of benzene rings is 8. The van der Waals surface area contributed by atoms with Crippen molar-refractivity contribution in [1.82, 2.24) is 19.1 Å². The van der Waals surface area contributed by atoms with E-state index < -0.39 is 0 Å². The van der Waals surface area contributed by atoms with Gasteiger partial charge in [-0.15, -0.1) is 0 Å². The van der Waals surface area contributed by atoms with Crippen LogP contribution in [0.25, 0.3) is 104 Å². The molecule has 12 rings (SSSR count). The molecule has 4 aromatic heterocycles. The van der Waals surface area contributed by atoms with Gasteiger partial charge < -0.3 is 9.15 Å². The normalized spacial score (nSPS) is 12.2. The topological polar surface area (TPSA) is 62.4 Å². The van der Waals surface area contributed by atoms with Gasteiger partial charge in [0.1, 0.15) is 34.3 Å². The first-order chi connectivity index (χ1) is 32.9. The molecule has 0 saturated heterocycles. The number of para-hydroxylation sites is 3. The zero-order valence-corrected chi connectivity index (χ0v) is 38.8. The average molecular weight is 882 g/mol.